The van der Waals surface area contributed by atoms with Crippen LogP contribution in [0.15, 0.2) is 18.2 Å². The molecule has 1 aromatic rings. The average Bonchev–Trinajstić information content (AvgIpc) is 2.42. The van der Waals surface area contributed by atoms with Gasteiger partial charge in [0.15, 0.2) is 0 Å². The Morgan fingerprint density at radius 1 is 1.50 bits per heavy atom. The highest BCUT2D eigenvalue weighted by molar-refractivity contribution is 5.69. The molecule has 7 heteroatoms. The van der Waals surface area contributed by atoms with E-state index >= 15 is 0 Å². The fourth-order valence-corrected chi connectivity index (χ4v) is 1.76. The van der Waals surface area contributed by atoms with Crippen LogP contribution in [0.3, 0.4) is 0 Å². The van der Waals surface area contributed by atoms with E-state index in [1.54, 1.807) is 0 Å². The lowest BCUT2D eigenvalue weighted by atomic mass is 10.2. The Bertz CT molecular complexity index is 493. The maximum atomic E-state index is 13.5. The Morgan fingerprint density at radius 2 is 2.20 bits per heavy atom. The summed E-state index contributed by atoms with van der Waals surface area (Å²) in [6, 6.07) is 3.82. The topological polar surface area (TPSA) is 72.7 Å². The molecule has 0 spiro atoms. The molecule has 0 bridgehead atoms. The highest BCUT2D eigenvalue weighted by Gasteiger charge is 2.15. The Kier molecular flexibility index (Phi) is 6.05. The summed E-state index contributed by atoms with van der Waals surface area (Å²) in [6.45, 7) is 3.50. The average molecular weight is 284 g/mol. The summed E-state index contributed by atoms with van der Waals surface area (Å²) in [5, 5.41) is 10.5. The number of rotatable bonds is 7. The van der Waals surface area contributed by atoms with Crippen molar-refractivity contribution in [3.8, 4) is 0 Å². The van der Waals surface area contributed by atoms with Crippen molar-refractivity contribution < 1.29 is 18.8 Å². The molecule has 0 aliphatic rings. The van der Waals surface area contributed by atoms with Crippen LogP contribution in [0.4, 0.5) is 10.1 Å². The number of hydrogen-bond acceptors (Lipinski definition) is 5. The normalized spacial score (nSPS) is 10.6. The van der Waals surface area contributed by atoms with Crippen molar-refractivity contribution in [3.63, 3.8) is 0 Å². The second kappa shape index (κ2) is 7.54. The number of methoxy groups -OCH3 is 1. The highest BCUT2D eigenvalue weighted by atomic mass is 19.1. The van der Waals surface area contributed by atoms with Crippen molar-refractivity contribution in [1.82, 2.24) is 4.90 Å². The zero-order valence-corrected chi connectivity index (χ0v) is 11.5. The maximum Gasteiger partial charge on any atom is 0.306 e. The first-order chi connectivity index (χ1) is 9.47. The molecule has 1 rings (SSSR count). The van der Waals surface area contributed by atoms with Gasteiger partial charge in [-0.05, 0) is 18.2 Å². The zero-order chi connectivity index (χ0) is 15.1. The summed E-state index contributed by atoms with van der Waals surface area (Å²) in [5.41, 5.74) is 0.0891. The van der Waals surface area contributed by atoms with Gasteiger partial charge in [0.1, 0.15) is 0 Å². The first-order valence-corrected chi connectivity index (χ1v) is 6.20. The smallest absolute Gasteiger partial charge is 0.306 e. The molecule has 110 valence electrons. The van der Waals surface area contributed by atoms with Crippen LogP contribution < -0.4 is 0 Å². The second-order valence-electron chi connectivity index (χ2n) is 4.24. The van der Waals surface area contributed by atoms with Crippen LogP contribution in [0.5, 0.6) is 0 Å². The van der Waals surface area contributed by atoms with E-state index in [9.17, 15) is 19.3 Å². The number of nitro groups is 1. The molecule has 20 heavy (non-hydrogen) atoms. The predicted molar refractivity (Wildman–Crippen MR) is 70.6 cm³/mol. The number of carbonyl (C=O) groups excluding carboxylic acids is 1. The lowest BCUT2D eigenvalue weighted by molar-refractivity contribution is -0.387. The van der Waals surface area contributed by atoms with E-state index in [1.807, 2.05) is 11.8 Å². The molecular formula is C13H17FN2O4. The minimum Gasteiger partial charge on any atom is -0.469 e. The number of hydrogen-bond donors (Lipinski definition) is 0. The lowest BCUT2D eigenvalue weighted by Gasteiger charge is -2.19. The first-order valence-electron chi connectivity index (χ1n) is 6.20. The second-order valence-corrected chi connectivity index (χ2v) is 4.24. The molecule has 0 amide bonds. The van der Waals surface area contributed by atoms with Crippen molar-refractivity contribution in [1.29, 1.82) is 0 Å². The van der Waals surface area contributed by atoms with Crippen LogP contribution in [-0.4, -0.2) is 36.0 Å². The van der Waals surface area contributed by atoms with Crippen LogP contribution in [0.25, 0.3) is 0 Å². The van der Waals surface area contributed by atoms with Gasteiger partial charge in [-0.1, -0.05) is 13.0 Å². The van der Waals surface area contributed by atoms with Gasteiger partial charge < -0.3 is 4.74 Å². The van der Waals surface area contributed by atoms with Crippen molar-refractivity contribution >= 4 is 11.7 Å². The van der Waals surface area contributed by atoms with Crippen molar-refractivity contribution in [2.45, 2.75) is 19.9 Å². The van der Waals surface area contributed by atoms with Crippen LogP contribution in [-0.2, 0) is 16.1 Å². The molecule has 0 aliphatic heterocycles. The minimum atomic E-state index is -0.850. The molecule has 6 nitrogen and oxygen atoms in total. The Hall–Kier alpha value is -2.02. The minimum absolute atomic E-state index is 0.250. The molecule has 1 aromatic carbocycles. The van der Waals surface area contributed by atoms with Gasteiger partial charge in [-0.2, -0.15) is 4.39 Å². The van der Waals surface area contributed by atoms with Crippen LogP contribution in [0.1, 0.15) is 18.9 Å². The largest absolute Gasteiger partial charge is 0.469 e. The molecule has 0 unspecified atom stereocenters. The third-order valence-corrected chi connectivity index (χ3v) is 2.92. The van der Waals surface area contributed by atoms with E-state index in [0.29, 0.717) is 25.2 Å². The molecule has 0 saturated heterocycles. The highest BCUT2D eigenvalue weighted by Crippen LogP contribution is 2.19. The summed E-state index contributed by atoms with van der Waals surface area (Å²) < 4.78 is 18.0. The van der Waals surface area contributed by atoms with E-state index in [1.165, 1.54) is 13.2 Å². The number of carbonyl (C=O) groups is 1. The van der Waals surface area contributed by atoms with Crippen LogP contribution in [0.2, 0.25) is 0 Å². The van der Waals surface area contributed by atoms with E-state index in [0.717, 1.165) is 12.1 Å². The Morgan fingerprint density at radius 3 is 2.70 bits per heavy atom. The Balaban J connectivity index is 2.68. The summed E-state index contributed by atoms with van der Waals surface area (Å²) >= 11 is 0. The van der Waals surface area contributed by atoms with Crippen molar-refractivity contribution in [2.24, 2.45) is 0 Å². The van der Waals surface area contributed by atoms with E-state index in [4.69, 9.17) is 0 Å². The molecule has 0 fully saturated rings. The van der Waals surface area contributed by atoms with Gasteiger partial charge in [-0.25, -0.2) is 0 Å². The van der Waals surface area contributed by atoms with Gasteiger partial charge >= 0.3 is 11.7 Å². The molecule has 0 aliphatic carbocycles. The van der Waals surface area contributed by atoms with Crippen molar-refractivity contribution in [2.75, 3.05) is 20.2 Å². The Labute approximate surface area is 116 Å². The van der Waals surface area contributed by atoms with Gasteiger partial charge in [0.25, 0.3) is 0 Å². The SMILES string of the molecule is CCN(CCC(=O)OC)Cc1ccc([N+](=O)[O-])c(F)c1. The van der Waals surface area contributed by atoms with Gasteiger partial charge in [-0.15, -0.1) is 0 Å². The molecule has 0 atom stereocenters. The molecule has 0 aromatic heterocycles. The molecule has 0 radical (unpaired) electrons. The number of halogens is 1. The number of nitrogens with zero attached hydrogens (tertiary/aromatic N) is 2. The van der Waals surface area contributed by atoms with Crippen LogP contribution >= 0.6 is 0 Å². The fourth-order valence-electron chi connectivity index (χ4n) is 1.76. The number of nitro benzene ring substituents is 1. The fraction of sp³-hybridized carbons (Fsp3) is 0.462. The third-order valence-electron chi connectivity index (χ3n) is 2.92. The summed E-state index contributed by atoms with van der Waals surface area (Å²) in [4.78, 5) is 22.8. The summed E-state index contributed by atoms with van der Waals surface area (Å²) in [6.07, 6.45) is 0.250. The standard InChI is InChI=1S/C13H17FN2O4/c1-3-15(7-6-13(17)20-2)9-10-4-5-12(16(18)19)11(14)8-10/h4-5,8H,3,6-7,9H2,1-2H3. The molecule has 0 N–H and O–H groups in total. The van der Waals surface area contributed by atoms with Crippen LogP contribution in [0, 0.1) is 15.9 Å². The van der Waals surface area contributed by atoms with Gasteiger partial charge in [0, 0.05) is 19.2 Å². The van der Waals surface area contributed by atoms with Crippen molar-refractivity contribution in [3.05, 3.63) is 39.7 Å². The molecule has 0 saturated carbocycles. The van der Waals surface area contributed by atoms with E-state index in [-0.39, 0.29) is 12.4 Å². The number of benzene rings is 1. The molecular weight excluding hydrogens is 267 g/mol. The summed E-state index contributed by atoms with van der Waals surface area (Å²) in [5.74, 6) is -1.16. The lowest BCUT2D eigenvalue weighted by Crippen LogP contribution is -2.26. The molecule has 0 heterocycles. The third kappa shape index (κ3) is 4.58. The van der Waals surface area contributed by atoms with E-state index in [2.05, 4.69) is 4.74 Å². The number of esters is 1. The zero-order valence-electron chi connectivity index (χ0n) is 11.5. The van der Waals surface area contributed by atoms with Gasteiger partial charge in [0.05, 0.1) is 18.5 Å². The maximum absolute atomic E-state index is 13.5. The number of ether oxygens (including phenoxy) is 1. The van der Waals surface area contributed by atoms with E-state index < -0.39 is 16.4 Å². The quantitative estimate of drug-likeness (QED) is 0.435. The predicted octanol–water partition coefficient (Wildman–Crippen LogP) is 2.12. The first kappa shape index (κ1) is 16.0. The van der Waals surface area contributed by atoms with Gasteiger partial charge in [0.2, 0.25) is 5.82 Å². The summed E-state index contributed by atoms with van der Waals surface area (Å²) in [7, 11) is 1.32. The van der Waals surface area contributed by atoms with Gasteiger partial charge in [-0.3, -0.25) is 19.8 Å². The monoisotopic (exact) mass is 284 g/mol.